The van der Waals surface area contributed by atoms with Crippen LogP contribution < -0.4 is 0 Å². The van der Waals surface area contributed by atoms with Crippen molar-refractivity contribution in [3.05, 3.63) is 74.1 Å². The smallest absolute Gasteiger partial charge is 0.268 e. The summed E-state index contributed by atoms with van der Waals surface area (Å²) < 4.78 is 1.10. The fourth-order valence-corrected chi connectivity index (χ4v) is 4.03. The molecule has 7 heteroatoms. The van der Waals surface area contributed by atoms with Gasteiger partial charge in [0.05, 0.1) is 15.5 Å². The number of thiocarbonyl (C=S) groups is 1. The molecule has 2 aromatic rings. The van der Waals surface area contributed by atoms with Crippen molar-refractivity contribution in [2.75, 3.05) is 0 Å². The average molecular weight is 439 g/mol. The first kappa shape index (κ1) is 17.4. The number of carbonyl (C=O) groups excluding carboxylic acids is 2. The van der Waals surface area contributed by atoms with Crippen LogP contribution in [0.4, 0.5) is 0 Å². The van der Waals surface area contributed by atoms with Crippen LogP contribution in [0, 0.1) is 0 Å². The van der Waals surface area contributed by atoms with E-state index in [1.165, 1.54) is 0 Å². The summed E-state index contributed by atoms with van der Waals surface area (Å²) in [5, 5.41) is 0.285. The van der Waals surface area contributed by atoms with Gasteiger partial charge >= 0.3 is 0 Å². The monoisotopic (exact) mass is 437 g/mol. The number of carbonyl (C=O) groups is 2. The van der Waals surface area contributed by atoms with Crippen molar-refractivity contribution in [3.8, 4) is 0 Å². The number of benzene rings is 2. The zero-order chi connectivity index (χ0) is 17.3. The van der Waals surface area contributed by atoms with E-state index < -0.39 is 11.8 Å². The van der Waals surface area contributed by atoms with Gasteiger partial charge < -0.3 is 0 Å². The molecular weight excluding hydrogens is 430 g/mol. The zero-order valence-electron chi connectivity index (χ0n) is 12.0. The van der Waals surface area contributed by atoms with Gasteiger partial charge in [-0.15, -0.1) is 0 Å². The molecule has 1 heterocycles. The molecule has 0 spiro atoms. The Kier molecular flexibility index (Phi) is 5.20. The lowest BCUT2D eigenvalue weighted by atomic mass is 10.2. The van der Waals surface area contributed by atoms with Gasteiger partial charge in [-0.05, 0) is 35.9 Å². The Morgan fingerprint density at radius 3 is 2.67 bits per heavy atom. The minimum absolute atomic E-state index is 0.200. The second kappa shape index (κ2) is 7.19. The number of amides is 2. The van der Waals surface area contributed by atoms with Crippen molar-refractivity contribution in [3.63, 3.8) is 0 Å². The molecule has 0 aliphatic carbocycles. The summed E-state index contributed by atoms with van der Waals surface area (Å²) in [5.41, 5.74) is 1.09. The third kappa shape index (κ3) is 3.47. The van der Waals surface area contributed by atoms with Crippen LogP contribution >= 0.6 is 51.5 Å². The van der Waals surface area contributed by atoms with E-state index in [0.717, 1.165) is 26.7 Å². The largest absolute Gasteiger partial charge is 0.273 e. The van der Waals surface area contributed by atoms with Crippen LogP contribution in [0.2, 0.25) is 5.02 Å². The van der Waals surface area contributed by atoms with E-state index >= 15 is 0 Å². The normalized spacial score (nSPS) is 16.1. The Balaban J connectivity index is 1.92. The minimum Gasteiger partial charge on any atom is -0.268 e. The highest BCUT2D eigenvalue weighted by molar-refractivity contribution is 9.10. The summed E-state index contributed by atoms with van der Waals surface area (Å²) in [6.07, 6.45) is 1.71. The molecule has 1 fully saturated rings. The second-order valence-corrected chi connectivity index (χ2v) is 7.86. The Bertz CT molecular complexity index is 898. The number of thioether (sulfide) groups is 1. The predicted molar refractivity (Wildman–Crippen MR) is 105 cm³/mol. The Morgan fingerprint density at radius 2 is 1.96 bits per heavy atom. The maximum Gasteiger partial charge on any atom is 0.273 e. The molecule has 0 aromatic heterocycles. The van der Waals surface area contributed by atoms with E-state index in [1.807, 2.05) is 24.3 Å². The first-order chi connectivity index (χ1) is 11.5. The molecule has 2 amide bonds. The molecule has 1 aliphatic rings. The van der Waals surface area contributed by atoms with E-state index in [0.29, 0.717) is 4.91 Å². The number of imide groups is 1. The molecule has 2 aromatic carbocycles. The van der Waals surface area contributed by atoms with Gasteiger partial charge in [0.1, 0.15) is 0 Å². The molecule has 120 valence electrons. The van der Waals surface area contributed by atoms with Gasteiger partial charge in [0.2, 0.25) is 0 Å². The SMILES string of the molecule is O=C1C(=Cc2cccc(Br)c2)SC(=S)N1C(=O)c1ccccc1Cl. The van der Waals surface area contributed by atoms with Crippen LogP contribution in [0.5, 0.6) is 0 Å². The summed E-state index contributed by atoms with van der Waals surface area (Å²) in [6, 6.07) is 14.1. The minimum atomic E-state index is -0.513. The first-order valence-electron chi connectivity index (χ1n) is 6.80. The number of hydrogen-bond acceptors (Lipinski definition) is 4. The maximum absolute atomic E-state index is 12.6. The molecule has 0 saturated carbocycles. The van der Waals surface area contributed by atoms with E-state index in [4.69, 9.17) is 23.8 Å². The molecule has 0 bridgehead atoms. The van der Waals surface area contributed by atoms with Gasteiger partial charge in [-0.1, -0.05) is 75.8 Å². The highest BCUT2D eigenvalue weighted by atomic mass is 79.9. The van der Waals surface area contributed by atoms with Crippen LogP contribution in [-0.2, 0) is 4.79 Å². The Morgan fingerprint density at radius 1 is 1.21 bits per heavy atom. The Labute approximate surface area is 161 Å². The second-order valence-electron chi connectivity index (χ2n) is 4.86. The van der Waals surface area contributed by atoms with Crippen LogP contribution in [0.15, 0.2) is 57.9 Å². The van der Waals surface area contributed by atoms with Crippen molar-refractivity contribution in [1.29, 1.82) is 0 Å². The van der Waals surface area contributed by atoms with Gasteiger partial charge in [-0.25, -0.2) is 4.90 Å². The lowest BCUT2D eigenvalue weighted by molar-refractivity contribution is -0.120. The number of nitrogens with zero attached hydrogens (tertiary/aromatic N) is 1. The van der Waals surface area contributed by atoms with Gasteiger partial charge in [-0.2, -0.15) is 0 Å². The van der Waals surface area contributed by atoms with Crippen molar-refractivity contribution in [1.82, 2.24) is 4.90 Å². The molecular formula is C17H9BrClNO2S2. The maximum atomic E-state index is 12.6. The van der Waals surface area contributed by atoms with Crippen molar-refractivity contribution in [2.45, 2.75) is 0 Å². The van der Waals surface area contributed by atoms with Gasteiger partial charge in [0.25, 0.3) is 11.8 Å². The topological polar surface area (TPSA) is 37.4 Å². The molecule has 1 aliphatic heterocycles. The Hall–Kier alpha value is -1.47. The molecule has 24 heavy (non-hydrogen) atoms. The van der Waals surface area contributed by atoms with E-state index in [9.17, 15) is 9.59 Å². The number of halogens is 2. The van der Waals surface area contributed by atoms with E-state index in [-0.39, 0.29) is 14.9 Å². The average Bonchev–Trinajstić information content (AvgIpc) is 2.81. The van der Waals surface area contributed by atoms with Crippen LogP contribution in [0.3, 0.4) is 0 Å². The molecule has 1 saturated heterocycles. The molecule has 3 nitrogen and oxygen atoms in total. The summed E-state index contributed by atoms with van der Waals surface area (Å²) >= 11 is 15.7. The fourth-order valence-electron chi connectivity index (χ4n) is 2.15. The molecule has 0 atom stereocenters. The van der Waals surface area contributed by atoms with Crippen LogP contribution in [0.25, 0.3) is 6.08 Å². The summed E-state index contributed by atoms with van der Waals surface area (Å²) in [6.45, 7) is 0. The van der Waals surface area contributed by atoms with Crippen LogP contribution in [-0.4, -0.2) is 21.0 Å². The van der Waals surface area contributed by atoms with Gasteiger partial charge in [0.15, 0.2) is 4.32 Å². The fraction of sp³-hybridized carbons (Fsp3) is 0. The molecule has 0 unspecified atom stereocenters. The highest BCUT2D eigenvalue weighted by Gasteiger charge is 2.37. The third-order valence-electron chi connectivity index (χ3n) is 3.25. The molecule has 0 N–H and O–H groups in total. The number of rotatable bonds is 2. The van der Waals surface area contributed by atoms with Crippen molar-refractivity contribution >= 4 is 73.7 Å². The van der Waals surface area contributed by atoms with Gasteiger partial charge in [-0.3, -0.25) is 9.59 Å². The predicted octanol–water partition coefficient (Wildman–Crippen LogP) is 5.14. The quantitative estimate of drug-likeness (QED) is 0.369. The molecule has 0 radical (unpaired) electrons. The van der Waals surface area contributed by atoms with Crippen LogP contribution in [0.1, 0.15) is 15.9 Å². The van der Waals surface area contributed by atoms with E-state index in [1.54, 1.807) is 30.3 Å². The highest BCUT2D eigenvalue weighted by Crippen LogP contribution is 2.34. The van der Waals surface area contributed by atoms with Gasteiger partial charge in [0, 0.05) is 4.47 Å². The summed E-state index contributed by atoms with van der Waals surface area (Å²) in [5.74, 6) is -0.948. The lowest BCUT2D eigenvalue weighted by Crippen LogP contribution is -2.34. The molecule has 3 rings (SSSR count). The van der Waals surface area contributed by atoms with E-state index in [2.05, 4.69) is 15.9 Å². The van der Waals surface area contributed by atoms with Crippen molar-refractivity contribution in [2.24, 2.45) is 0 Å². The van der Waals surface area contributed by atoms with Crippen molar-refractivity contribution < 1.29 is 9.59 Å². The summed E-state index contributed by atoms with van der Waals surface area (Å²) in [7, 11) is 0. The first-order valence-corrected chi connectivity index (χ1v) is 9.19. The number of hydrogen-bond donors (Lipinski definition) is 0. The summed E-state index contributed by atoms with van der Waals surface area (Å²) in [4.78, 5) is 26.6. The zero-order valence-corrected chi connectivity index (χ0v) is 16.0. The third-order valence-corrected chi connectivity index (χ3v) is 5.37. The lowest BCUT2D eigenvalue weighted by Gasteiger charge is -2.13. The standard InChI is InChI=1S/C17H9BrClNO2S2/c18-11-5-3-4-10(8-11)9-14-16(22)20(17(23)24-14)15(21)12-6-1-2-7-13(12)19/h1-9H.